The lowest BCUT2D eigenvalue weighted by atomic mass is 10.1. The van der Waals surface area contributed by atoms with E-state index in [0.717, 1.165) is 19.3 Å². The topological polar surface area (TPSA) is 40.5 Å². The maximum Gasteiger partial charge on any atom is 0.404 e. The largest absolute Gasteiger partial charge is 0.481 e. The molecule has 0 aromatic heterocycles. The molecule has 0 aromatic rings. The number of likely N-dealkylation sites (tertiary alicyclic amines) is 1. The summed E-state index contributed by atoms with van der Waals surface area (Å²) in [5.41, 5.74) is 0. The van der Waals surface area contributed by atoms with E-state index in [1.807, 2.05) is 0 Å². The predicted molar refractivity (Wildman–Crippen MR) is 56.8 cm³/mol. The first-order valence-corrected chi connectivity index (χ1v) is 5.94. The van der Waals surface area contributed by atoms with Gasteiger partial charge in [0.15, 0.2) is 0 Å². The third-order valence-electron chi connectivity index (χ3n) is 3.08. The molecule has 0 aliphatic carbocycles. The van der Waals surface area contributed by atoms with Crippen molar-refractivity contribution < 1.29 is 23.1 Å². The summed E-state index contributed by atoms with van der Waals surface area (Å²) in [6.45, 7) is 0.689. The number of alkyl halides is 3. The van der Waals surface area contributed by atoms with Crippen LogP contribution in [0.5, 0.6) is 0 Å². The van der Waals surface area contributed by atoms with Crippen LogP contribution in [0.15, 0.2) is 0 Å². The maximum atomic E-state index is 12.8. The Bertz CT molecular complexity index is 248. The van der Waals surface area contributed by atoms with Crippen LogP contribution in [-0.4, -0.2) is 41.3 Å². The van der Waals surface area contributed by atoms with Gasteiger partial charge in [-0.1, -0.05) is 19.3 Å². The van der Waals surface area contributed by atoms with Crippen molar-refractivity contribution in [3.05, 3.63) is 0 Å². The van der Waals surface area contributed by atoms with Gasteiger partial charge in [0.1, 0.15) is 6.04 Å². The molecule has 100 valence electrons. The van der Waals surface area contributed by atoms with Crippen LogP contribution in [0, 0.1) is 0 Å². The number of carboxylic acid groups (broad SMARTS) is 1. The molecule has 0 saturated carbocycles. The molecule has 1 rings (SSSR count). The number of nitrogens with zero attached hydrogens (tertiary/aromatic N) is 1. The second kappa shape index (κ2) is 6.23. The van der Waals surface area contributed by atoms with Crippen molar-refractivity contribution in [1.29, 1.82) is 0 Å². The van der Waals surface area contributed by atoms with E-state index in [1.54, 1.807) is 0 Å². The molecule has 0 bridgehead atoms. The van der Waals surface area contributed by atoms with E-state index in [0.29, 0.717) is 25.9 Å². The number of hydrogen-bond acceptors (Lipinski definition) is 2. The van der Waals surface area contributed by atoms with Crippen LogP contribution < -0.4 is 0 Å². The summed E-state index contributed by atoms with van der Waals surface area (Å²) in [4.78, 5) is 11.8. The Labute approximate surface area is 98.6 Å². The van der Waals surface area contributed by atoms with E-state index in [9.17, 15) is 18.0 Å². The average Bonchev–Trinajstić information content (AvgIpc) is 2.12. The minimum Gasteiger partial charge on any atom is -0.481 e. The summed E-state index contributed by atoms with van der Waals surface area (Å²) < 4.78 is 38.4. The van der Waals surface area contributed by atoms with Crippen LogP contribution in [-0.2, 0) is 4.79 Å². The molecule has 1 aliphatic heterocycles. The first-order valence-electron chi connectivity index (χ1n) is 5.94. The Morgan fingerprint density at radius 3 is 2.00 bits per heavy atom. The van der Waals surface area contributed by atoms with Crippen molar-refractivity contribution in [2.45, 2.75) is 50.7 Å². The molecule has 3 nitrogen and oxygen atoms in total. The third kappa shape index (κ3) is 4.93. The Balaban J connectivity index is 2.68. The van der Waals surface area contributed by atoms with E-state index < -0.39 is 24.6 Å². The van der Waals surface area contributed by atoms with Gasteiger partial charge in [-0.05, 0) is 25.9 Å². The summed E-state index contributed by atoms with van der Waals surface area (Å²) >= 11 is 0. The molecule has 1 atom stereocenters. The fourth-order valence-corrected chi connectivity index (χ4v) is 2.20. The van der Waals surface area contributed by atoms with Gasteiger partial charge in [-0.25, -0.2) is 0 Å². The van der Waals surface area contributed by atoms with Gasteiger partial charge < -0.3 is 5.11 Å². The number of halogens is 3. The SMILES string of the molecule is O=C(O)CC(N1CCCCCCC1)C(F)(F)F. The first kappa shape index (κ1) is 14.3. The molecule has 1 aliphatic rings. The monoisotopic (exact) mass is 253 g/mol. The van der Waals surface area contributed by atoms with Crippen molar-refractivity contribution in [3.8, 4) is 0 Å². The molecule has 6 heteroatoms. The minimum absolute atomic E-state index is 0.345. The van der Waals surface area contributed by atoms with Crippen LogP contribution in [0.2, 0.25) is 0 Å². The van der Waals surface area contributed by atoms with Gasteiger partial charge >= 0.3 is 12.1 Å². The van der Waals surface area contributed by atoms with E-state index in [-0.39, 0.29) is 0 Å². The molecule has 1 fully saturated rings. The Hall–Kier alpha value is -0.780. The number of aliphatic carboxylic acids is 1. The van der Waals surface area contributed by atoms with Crippen molar-refractivity contribution in [3.63, 3.8) is 0 Å². The van der Waals surface area contributed by atoms with E-state index in [4.69, 9.17) is 5.11 Å². The second-order valence-electron chi connectivity index (χ2n) is 4.46. The second-order valence-corrected chi connectivity index (χ2v) is 4.46. The average molecular weight is 253 g/mol. The van der Waals surface area contributed by atoms with Gasteiger partial charge in [-0.15, -0.1) is 0 Å². The fourth-order valence-electron chi connectivity index (χ4n) is 2.20. The number of carbonyl (C=O) groups is 1. The summed E-state index contributed by atoms with van der Waals surface area (Å²) in [7, 11) is 0. The molecule has 17 heavy (non-hydrogen) atoms. The van der Waals surface area contributed by atoms with Gasteiger partial charge in [-0.2, -0.15) is 13.2 Å². The molecule has 0 aromatic carbocycles. The van der Waals surface area contributed by atoms with Crippen molar-refractivity contribution in [2.24, 2.45) is 0 Å². The minimum atomic E-state index is -4.46. The number of rotatable bonds is 3. The predicted octanol–water partition coefficient (Wildman–Crippen LogP) is 2.66. The summed E-state index contributed by atoms with van der Waals surface area (Å²) in [6.07, 6.45) is -0.981. The molecule has 1 unspecified atom stereocenters. The zero-order valence-corrected chi connectivity index (χ0v) is 9.67. The molecule has 1 heterocycles. The summed E-state index contributed by atoms with van der Waals surface area (Å²) in [5, 5.41) is 8.58. The molecule has 0 amide bonds. The highest BCUT2D eigenvalue weighted by atomic mass is 19.4. The first-order chi connectivity index (χ1) is 7.91. The number of hydrogen-bond donors (Lipinski definition) is 1. The third-order valence-corrected chi connectivity index (χ3v) is 3.08. The zero-order valence-electron chi connectivity index (χ0n) is 9.67. The molecule has 0 radical (unpaired) electrons. The Kier molecular flexibility index (Phi) is 5.24. The van der Waals surface area contributed by atoms with Crippen molar-refractivity contribution in [1.82, 2.24) is 4.90 Å². The van der Waals surface area contributed by atoms with Crippen LogP contribution in [0.25, 0.3) is 0 Å². The molecular formula is C11H18F3NO2. The molecule has 1 saturated heterocycles. The Morgan fingerprint density at radius 2 is 1.59 bits per heavy atom. The van der Waals surface area contributed by atoms with Gasteiger partial charge in [0, 0.05) is 0 Å². The molecule has 1 N–H and O–H groups in total. The Morgan fingerprint density at radius 1 is 1.12 bits per heavy atom. The lowest BCUT2D eigenvalue weighted by Crippen LogP contribution is -2.48. The number of carboxylic acids is 1. The summed E-state index contributed by atoms with van der Waals surface area (Å²) in [5.74, 6) is -1.39. The van der Waals surface area contributed by atoms with Gasteiger partial charge in [0.25, 0.3) is 0 Å². The van der Waals surface area contributed by atoms with Gasteiger partial charge in [-0.3, -0.25) is 9.69 Å². The van der Waals surface area contributed by atoms with Crippen LogP contribution in [0.4, 0.5) is 13.2 Å². The van der Waals surface area contributed by atoms with Crippen molar-refractivity contribution in [2.75, 3.05) is 13.1 Å². The normalized spacial score (nSPS) is 21.6. The summed E-state index contributed by atoms with van der Waals surface area (Å²) in [6, 6.07) is -1.84. The van der Waals surface area contributed by atoms with E-state index >= 15 is 0 Å². The highest BCUT2D eigenvalue weighted by Gasteiger charge is 2.44. The standard InChI is InChI=1S/C11H18F3NO2/c12-11(13,14)9(8-10(16)17)15-6-4-2-1-3-5-7-15/h9H,1-8H2,(H,16,17). The quantitative estimate of drug-likeness (QED) is 0.840. The maximum absolute atomic E-state index is 12.8. The van der Waals surface area contributed by atoms with Crippen molar-refractivity contribution >= 4 is 5.97 Å². The van der Waals surface area contributed by atoms with Gasteiger partial charge in [0.05, 0.1) is 6.42 Å². The van der Waals surface area contributed by atoms with Crippen LogP contribution in [0.3, 0.4) is 0 Å². The highest BCUT2D eigenvalue weighted by molar-refractivity contribution is 5.67. The zero-order chi connectivity index (χ0) is 12.9. The van der Waals surface area contributed by atoms with Crippen LogP contribution in [0.1, 0.15) is 38.5 Å². The smallest absolute Gasteiger partial charge is 0.404 e. The fraction of sp³-hybridized carbons (Fsp3) is 0.909. The lowest BCUT2D eigenvalue weighted by molar-refractivity contribution is -0.191. The van der Waals surface area contributed by atoms with Crippen LogP contribution >= 0.6 is 0 Å². The molecular weight excluding hydrogens is 235 g/mol. The highest BCUT2D eigenvalue weighted by Crippen LogP contribution is 2.28. The lowest BCUT2D eigenvalue weighted by Gasteiger charge is -2.33. The van der Waals surface area contributed by atoms with E-state index in [1.165, 1.54) is 4.90 Å². The van der Waals surface area contributed by atoms with E-state index in [2.05, 4.69) is 0 Å². The molecule has 0 spiro atoms. The van der Waals surface area contributed by atoms with Gasteiger partial charge in [0.2, 0.25) is 0 Å².